The van der Waals surface area contributed by atoms with E-state index in [0.29, 0.717) is 5.56 Å². The van der Waals surface area contributed by atoms with Crippen molar-refractivity contribution in [3.05, 3.63) is 29.8 Å². The Balaban J connectivity index is 2.69. The van der Waals surface area contributed by atoms with Gasteiger partial charge in [0.25, 0.3) is 0 Å². The zero-order valence-corrected chi connectivity index (χ0v) is 8.86. The van der Waals surface area contributed by atoms with Gasteiger partial charge < -0.3 is 20.1 Å². The molecule has 0 heterocycles. The molecule has 3 N–H and O–H groups in total. The first-order chi connectivity index (χ1) is 8.40. The van der Waals surface area contributed by atoms with E-state index in [1.807, 2.05) is 0 Å². The number of carbonyl (C=O) groups is 3. The number of rotatable bonds is 2. The highest BCUT2D eigenvalue weighted by Gasteiger charge is 2.15. The molecule has 1 rings (SSSR count). The lowest BCUT2D eigenvalue weighted by Gasteiger charge is -1.98. The molecule has 0 aromatic heterocycles. The maximum Gasteiger partial charge on any atom is 0.425 e. The van der Waals surface area contributed by atoms with Gasteiger partial charge in [0.2, 0.25) is 0 Å². The van der Waals surface area contributed by atoms with E-state index in [9.17, 15) is 14.4 Å². The van der Waals surface area contributed by atoms with Crippen LogP contribution in [0.5, 0.6) is 11.5 Å². The summed E-state index contributed by atoms with van der Waals surface area (Å²) in [7, 11) is 0. The Kier molecular flexibility index (Phi) is 4.03. The number of hydrogen-bond acceptors (Lipinski definition) is 6. The van der Waals surface area contributed by atoms with E-state index in [1.54, 1.807) is 0 Å². The summed E-state index contributed by atoms with van der Waals surface area (Å²) in [5.74, 6) is -5.42. The highest BCUT2D eigenvalue weighted by atomic mass is 16.6. The molecule has 0 atom stereocenters. The summed E-state index contributed by atoms with van der Waals surface area (Å²) in [6.07, 6.45) is 1.99. The zero-order chi connectivity index (χ0) is 13.7. The lowest BCUT2D eigenvalue weighted by Crippen LogP contribution is -2.19. The molecule has 0 aliphatic heterocycles. The number of aromatic hydroxyl groups is 2. The van der Waals surface area contributed by atoms with Gasteiger partial charge in [0.05, 0.1) is 0 Å². The van der Waals surface area contributed by atoms with Crippen LogP contribution in [0.4, 0.5) is 0 Å². The second-order valence-corrected chi connectivity index (χ2v) is 3.10. The van der Waals surface area contributed by atoms with Crippen molar-refractivity contribution in [2.45, 2.75) is 0 Å². The maximum atomic E-state index is 11.0. The van der Waals surface area contributed by atoms with E-state index in [0.717, 1.165) is 12.1 Å². The number of carboxylic acids is 1. The molecular weight excluding hydrogens is 244 g/mol. The van der Waals surface area contributed by atoms with Gasteiger partial charge in [0.15, 0.2) is 11.5 Å². The van der Waals surface area contributed by atoms with Crippen molar-refractivity contribution in [3.63, 3.8) is 0 Å². The summed E-state index contributed by atoms with van der Waals surface area (Å²) in [6, 6.07) is 3.75. The van der Waals surface area contributed by atoms with E-state index in [-0.39, 0.29) is 11.5 Å². The van der Waals surface area contributed by atoms with Crippen LogP contribution in [-0.4, -0.2) is 33.2 Å². The van der Waals surface area contributed by atoms with Crippen LogP contribution in [0.25, 0.3) is 6.08 Å². The molecule has 0 saturated carbocycles. The van der Waals surface area contributed by atoms with Crippen molar-refractivity contribution in [3.8, 4) is 11.5 Å². The first-order valence-electron chi connectivity index (χ1n) is 4.59. The minimum atomic E-state index is -1.88. The zero-order valence-electron chi connectivity index (χ0n) is 8.86. The minimum Gasteiger partial charge on any atom is -0.504 e. The monoisotopic (exact) mass is 252 g/mol. The molecule has 18 heavy (non-hydrogen) atoms. The summed E-state index contributed by atoms with van der Waals surface area (Å²) in [5, 5.41) is 26.3. The Hall–Kier alpha value is -2.83. The Labute approximate surface area is 101 Å². The lowest BCUT2D eigenvalue weighted by molar-refractivity contribution is -0.168. The molecule has 0 radical (unpaired) electrons. The molecule has 0 unspecified atom stereocenters. The molecule has 1 aromatic rings. The molecule has 1 aromatic carbocycles. The summed E-state index contributed by atoms with van der Waals surface area (Å²) in [4.78, 5) is 31.6. The summed E-state index contributed by atoms with van der Waals surface area (Å²) in [5.41, 5.74) is 0.352. The number of phenols is 2. The standard InChI is InChI=1S/C11H8O7/c12-7-3-1-6(5-8(7)13)2-4-9(14)18-11(17)10(15)16/h1-5,12-13H,(H,15,16)/b4-2+. The molecule has 7 nitrogen and oxygen atoms in total. The van der Waals surface area contributed by atoms with Gasteiger partial charge >= 0.3 is 17.9 Å². The fraction of sp³-hybridized carbons (Fsp3) is 0. The van der Waals surface area contributed by atoms with Crippen LogP contribution in [0.15, 0.2) is 24.3 Å². The number of aliphatic carboxylic acids is 1. The van der Waals surface area contributed by atoms with E-state index in [4.69, 9.17) is 15.3 Å². The Bertz CT molecular complexity index is 530. The molecule has 0 saturated heterocycles. The molecule has 0 fully saturated rings. The van der Waals surface area contributed by atoms with Crippen LogP contribution in [-0.2, 0) is 19.1 Å². The first-order valence-corrected chi connectivity index (χ1v) is 4.59. The quantitative estimate of drug-likeness (QED) is 0.227. The predicted octanol–water partition coefficient (Wildman–Crippen LogP) is 0.265. The third kappa shape index (κ3) is 3.63. The summed E-state index contributed by atoms with van der Waals surface area (Å²) < 4.78 is 3.91. The molecule has 0 aliphatic carbocycles. The largest absolute Gasteiger partial charge is 0.504 e. The normalized spacial score (nSPS) is 10.2. The van der Waals surface area contributed by atoms with Gasteiger partial charge in [0.1, 0.15) is 0 Å². The average molecular weight is 252 g/mol. The van der Waals surface area contributed by atoms with Gasteiger partial charge in [-0.05, 0) is 23.8 Å². The average Bonchev–Trinajstić information content (AvgIpc) is 2.30. The van der Waals surface area contributed by atoms with Crippen molar-refractivity contribution in [1.82, 2.24) is 0 Å². The maximum absolute atomic E-state index is 11.0. The third-order valence-corrected chi connectivity index (χ3v) is 1.78. The minimum absolute atomic E-state index is 0.323. The van der Waals surface area contributed by atoms with E-state index < -0.39 is 17.9 Å². The van der Waals surface area contributed by atoms with Gasteiger partial charge in [-0.25, -0.2) is 14.4 Å². The van der Waals surface area contributed by atoms with E-state index in [2.05, 4.69) is 4.74 Å². The molecule has 0 amide bonds. The Morgan fingerprint density at radius 3 is 2.33 bits per heavy atom. The number of esters is 2. The summed E-state index contributed by atoms with van der Waals surface area (Å²) in [6.45, 7) is 0. The highest BCUT2D eigenvalue weighted by molar-refractivity contribution is 6.31. The van der Waals surface area contributed by atoms with Crippen LogP contribution in [0, 0.1) is 0 Å². The fourth-order valence-electron chi connectivity index (χ4n) is 0.977. The third-order valence-electron chi connectivity index (χ3n) is 1.78. The van der Waals surface area contributed by atoms with Crippen molar-refractivity contribution < 1.29 is 34.4 Å². The van der Waals surface area contributed by atoms with E-state index in [1.165, 1.54) is 18.2 Å². The van der Waals surface area contributed by atoms with Crippen molar-refractivity contribution in [2.24, 2.45) is 0 Å². The van der Waals surface area contributed by atoms with Crippen molar-refractivity contribution >= 4 is 24.0 Å². The molecule has 7 heteroatoms. The highest BCUT2D eigenvalue weighted by Crippen LogP contribution is 2.25. The lowest BCUT2D eigenvalue weighted by atomic mass is 10.2. The van der Waals surface area contributed by atoms with Gasteiger partial charge in [-0.3, -0.25) is 0 Å². The number of ether oxygens (including phenoxy) is 1. The van der Waals surface area contributed by atoms with Gasteiger partial charge in [-0.1, -0.05) is 6.07 Å². The second kappa shape index (κ2) is 5.48. The van der Waals surface area contributed by atoms with Gasteiger partial charge in [0, 0.05) is 6.08 Å². The smallest absolute Gasteiger partial charge is 0.425 e. The molecule has 0 spiro atoms. The predicted molar refractivity (Wildman–Crippen MR) is 57.5 cm³/mol. The molecule has 94 valence electrons. The topological polar surface area (TPSA) is 121 Å². The number of hydrogen-bond donors (Lipinski definition) is 3. The van der Waals surface area contributed by atoms with Crippen LogP contribution in [0.3, 0.4) is 0 Å². The van der Waals surface area contributed by atoms with Crippen LogP contribution < -0.4 is 0 Å². The number of phenolic OH excluding ortho intramolecular Hbond substituents is 2. The number of carbonyl (C=O) groups excluding carboxylic acids is 2. The fourth-order valence-corrected chi connectivity index (χ4v) is 0.977. The Morgan fingerprint density at radius 2 is 1.78 bits per heavy atom. The van der Waals surface area contributed by atoms with Crippen molar-refractivity contribution in [1.29, 1.82) is 0 Å². The van der Waals surface area contributed by atoms with Crippen molar-refractivity contribution in [2.75, 3.05) is 0 Å². The number of benzene rings is 1. The van der Waals surface area contributed by atoms with Crippen LogP contribution in [0.2, 0.25) is 0 Å². The Morgan fingerprint density at radius 1 is 1.11 bits per heavy atom. The van der Waals surface area contributed by atoms with Gasteiger partial charge in [-0.2, -0.15) is 0 Å². The van der Waals surface area contributed by atoms with Crippen LogP contribution in [0.1, 0.15) is 5.56 Å². The molecule has 0 bridgehead atoms. The summed E-state index contributed by atoms with van der Waals surface area (Å²) >= 11 is 0. The molecule has 0 aliphatic rings. The first kappa shape index (κ1) is 13.2. The van der Waals surface area contributed by atoms with Gasteiger partial charge in [-0.15, -0.1) is 0 Å². The SMILES string of the molecule is O=C(/C=C/c1ccc(O)c(O)c1)OC(=O)C(=O)O. The number of carboxylic acid groups (broad SMARTS) is 1. The second-order valence-electron chi connectivity index (χ2n) is 3.10. The van der Waals surface area contributed by atoms with E-state index >= 15 is 0 Å². The molecular formula is C11H8O7. The van der Waals surface area contributed by atoms with Crippen LogP contribution >= 0.6 is 0 Å².